The quantitative estimate of drug-likeness (QED) is 0.555. The van der Waals surface area contributed by atoms with Crippen molar-refractivity contribution in [3.8, 4) is 0 Å². The van der Waals surface area contributed by atoms with Crippen LogP contribution >= 0.6 is 0 Å². The molecular formula is C26H41F3N4O4. The topological polar surface area (TPSA) is 95.0 Å². The number of rotatable bonds is 3. The number of nitrogens with zero attached hydrogens (tertiary/aromatic N) is 3. The summed E-state index contributed by atoms with van der Waals surface area (Å²) in [5.74, 6) is 0.265. The maximum absolute atomic E-state index is 13.1. The molecule has 0 spiro atoms. The van der Waals surface area contributed by atoms with Gasteiger partial charge in [0.25, 0.3) is 0 Å². The number of carbonyl (C=O) groups is 2. The number of pyridine rings is 1. The summed E-state index contributed by atoms with van der Waals surface area (Å²) in [6.07, 6.45) is -0.0346. The number of aliphatic hydroxyl groups excluding tert-OH is 1. The van der Waals surface area contributed by atoms with Crippen molar-refractivity contribution in [2.24, 2.45) is 5.92 Å². The summed E-state index contributed by atoms with van der Waals surface area (Å²) in [4.78, 5) is 32.8. The fraction of sp³-hybridized carbons (Fsp3) is 0.731. The molecule has 210 valence electrons. The Morgan fingerprint density at radius 3 is 2.27 bits per heavy atom. The molecule has 1 aliphatic heterocycles. The number of halogens is 3. The number of alkyl carbamates (subject to hydrolysis) is 1. The summed E-state index contributed by atoms with van der Waals surface area (Å²) in [6.45, 7) is 10.7. The molecule has 2 heterocycles. The maximum atomic E-state index is 13.1. The summed E-state index contributed by atoms with van der Waals surface area (Å²) in [7, 11) is 0. The molecular weight excluding hydrogens is 489 g/mol. The molecule has 8 nitrogen and oxygen atoms in total. The average molecular weight is 531 g/mol. The molecule has 2 aliphatic rings. The van der Waals surface area contributed by atoms with Crippen molar-refractivity contribution in [2.45, 2.75) is 90.6 Å². The number of alkyl halides is 3. The Labute approximate surface area is 217 Å². The summed E-state index contributed by atoms with van der Waals surface area (Å²) in [5.41, 5.74) is -1.28. The standard InChI is InChI=1S/C23H33F3N4O3.C3H8O/c1-22(2,3)33-21(32)28-18-6-4-5-16(7-8-18)20(31)30-13-11-29(12-14-30)19-15-17(9-10-27-19)23(24,25)26;1-3(2)4/h9-10,15-16,18H,4-8,11-14H2,1-3H3,(H,28,32);3-4H,1-2H3. The Balaban J connectivity index is 0.00000112. The maximum Gasteiger partial charge on any atom is 0.416 e. The SMILES string of the molecule is CC(C)(C)OC(=O)NC1CCCC(C(=O)N2CCN(c3cc(C(F)(F)F)ccn3)CC2)CC1.CC(C)O. The predicted octanol–water partition coefficient (Wildman–Crippen LogP) is 4.61. The van der Waals surface area contributed by atoms with Crippen LogP contribution < -0.4 is 10.2 Å². The van der Waals surface area contributed by atoms with Crippen LogP contribution in [0.3, 0.4) is 0 Å². The number of hydrogen-bond acceptors (Lipinski definition) is 6. The molecule has 3 rings (SSSR count). The van der Waals surface area contributed by atoms with Crippen LogP contribution in [-0.2, 0) is 15.7 Å². The van der Waals surface area contributed by atoms with E-state index < -0.39 is 23.4 Å². The van der Waals surface area contributed by atoms with Crippen molar-refractivity contribution in [1.29, 1.82) is 0 Å². The summed E-state index contributed by atoms with van der Waals surface area (Å²) in [6, 6.07) is 2.00. The van der Waals surface area contributed by atoms with E-state index in [4.69, 9.17) is 9.84 Å². The van der Waals surface area contributed by atoms with E-state index in [1.807, 2.05) is 20.8 Å². The van der Waals surface area contributed by atoms with Crippen LogP contribution in [0.4, 0.5) is 23.8 Å². The first-order valence-corrected chi connectivity index (χ1v) is 12.9. The third-order valence-electron chi connectivity index (χ3n) is 6.03. The zero-order chi connectivity index (χ0) is 27.8. The van der Waals surface area contributed by atoms with Crippen LogP contribution in [0.15, 0.2) is 18.3 Å². The second-order valence-electron chi connectivity index (χ2n) is 10.9. The van der Waals surface area contributed by atoms with E-state index in [-0.39, 0.29) is 29.8 Å². The molecule has 11 heteroatoms. The lowest BCUT2D eigenvalue weighted by atomic mass is 9.98. The van der Waals surface area contributed by atoms with Gasteiger partial charge in [-0.3, -0.25) is 4.79 Å². The number of anilines is 1. The van der Waals surface area contributed by atoms with Gasteiger partial charge in [-0.15, -0.1) is 0 Å². The fourth-order valence-corrected chi connectivity index (χ4v) is 4.35. The predicted molar refractivity (Wildman–Crippen MR) is 135 cm³/mol. The Bertz CT molecular complexity index is 879. The van der Waals surface area contributed by atoms with E-state index in [2.05, 4.69) is 10.3 Å². The average Bonchev–Trinajstić information content (AvgIpc) is 3.02. The first-order valence-electron chi connectivity index (χ1n) is 12.9. The van der Waals surface area contributed by atoms with Gasteiger partial charge in [0, 0.05) is 50.4 Å². The molecule has 1 aromatic heterocycles. The van der Waals surface area contributed by atoms with E-state index in [1.54, 1.807) is 23.6 Å². The fourth-order valence-electron chi connectivity index (χ4n) is 4.35. The number of aliphatic hydroxyl groups is 1. The van der Waals surface area contributed by atoms with Gasteiger partial charge in [-0.1, -0.05) is 6.42 Å². The summed E-state index contributed by atoms with van der Waals surface area (Å²) in [5, 5.41) is 11.0. The Kier molecular flexibility index (Phi) is 11.0. The minimum absolute atomic E-state index is 0.0125. The molecule has 1 aromatic rings. The number of carbonyl (C=O) groups excluding carboxylic acids is 2. The van der Waals surface area contributed by atoms with Gasteiger partial charge in [-0.25, -0.2) is 9.78 Å². The molecule has 2 unspecified atom stereocenters. The van der Waals surface area contributed by atoms with Crippen molar-refractivity contribution < 1.29 is 32.6 Å². The van der Waals surface area contributed by atoms with Crippen molar-refractivity contribution in [3.05, 3.63) is 23.9 Å². The van der Waals surface area contributed by atoms with Gasteiger partial charge in [0.2, 0.25) is 5.91 Å². The number of aromatic nitrogens is 1. The number of piperazine rings is 1. The van der Waals surface area contributed by atoms with Gasteiger partial charge in [0.15, 0.2) is 0 Å². The number of hydrogen-bond donors (Lipinski definition) is 2. The third kappa shape index (κ3) is 10.8. The second-order valence-corrected chi connectivity index (χ2v) is 10.9. The number of nitrogens with one attached hydrogen (secondary N) is 1. The van der Waals surface area contributed by atoms with Gasteiger partial charge in [0.05, 0.1) is 5.56 Å². The van der Waals surface area contributed by atoms with Crippen LogP contribution in [-0.4, -0.2) is 70.9 Å². The minimum atomic E-state index is -4.41. The Morgan fingerprint density at radius 1 is 1.08 bits per heavy atom. The van der Waals surface area contributed by atoms with Crippen LogP contribution in [0.2, 0.25) is 0 Å². The molecule has 0 aromatic carbocycles. The van der Waals surface area contributed by atoms with Gasteiger partial charge >= 0.3 is 12.3 Å². The molecule has 1 saturated carbocycles. The Hall–Kier alpha value is -2.56. The molecule has 2 fully saturated rings. The number of amides is 2. The monoisotopic (exact) mass is 530 g/mol. The normalized spacial score (nSPS) is 21.0. The largest absolute Gasteiger partial charge is 0.444 e. The lowest BCUT2D eigenvalue weighted by molar-refractivity contribution is -0.137. The highest BCUT2D eigenvalue weighted by Crippen LogP contribution is 2.31. The van der Waals surface area contributed by atoms with Crippen LogP contribution in [0, 0.1) is 5.92 Å². The molecule has 0 bridgehead atoms. The first kappa shape index (κ1) is 30.7. The summed E-state index contributed by atoms with van der Waals surface area (Å²) < 4.78 is 44.3. The van der Waals surface area contributed by atoms with E-state index in [9.17, 15) is 22.8 Å². The van der Waals surface area contributed by atoms with Crippen LogP contribution in [0.25, 0.3) is 0 Å². The molecule has 2 N–H and O–H groups in total. The van der Waals surface area contributed by atoms with Gasteiger partial charge < -0.3 is 25.0 Å². The van der Waals surface area contributed by atoms with Gasteiger partial charge in [-0.2, -0.15) is 13.2 Å². The second kappa shape index (κ2) is 13.3. The highest BCUT2D eigenvalue weighted by Gasteiger charge is 2.33. The van der Waals surface area contributed by atoms with E-state index in [0.717, 1.165) is 31.4 Å². The Morgan fingerprint density at radius 2 is 1.70 bits per heavy atom. The molecule has 2 atom stereocenters. The van der Waals surface area contributed by atoms with Gasteiger partial charge in [0.1, 0.15) is 11.4 Å². The van der Waals surface area contributed by atoms with Crippen LogP contribution in [0.1, 0.15) is 72.3 Å². The lowest BCUT2D eigenvalue weighted by Gasteiger charge is -2.37. The molecule has 37 heavy (non-hydrogen) atoms. The zero-order valence-corrected chi connectivity index (χ0v) is 22.5. The number of ether oxygens (including phenoxy) is 1. The van der Waals surface area contributed by atoms with Crippen LogP contribution in [0.5, 0.6) is 0 Å². The summed E-state index contributed by atoms with van der Waals surface area (Å²) >= 11 is 0. The van der Waals surface area contributed by atoms with E-state index in [0.29, 0.717) is 39.0 Å². The third-order valence-corrected chi connectivity index (χ3v) is 6.03. The lowest BCUT2D eigenvalue weighted by Crippen LogP contribution is -2.50. The highest BCUT2D eigenvalue weighted by molar-refractivity contribution is 5.79. The van der Waals surface area contributed by atoms with E-state index in [1.165, 1.54) is 6.20 Å². The minimum Gasteiger partial charge on any atom is -0.444 e. The zero-order valence-electron chi connectivity index (χ0n) is 22.5. The first-order chi connectivity index (χ1) is 17.2. The molecule has 0 radical (unpaired) electrons. The van der Waals surface area contributed by atoms with Crippen molar-refractivity contribution in [3.63, 3.8) is 0 Å². The van der Waals surface area contributed by atoms with E-state index >= 15 is 0 Å². The van der Waals surface area contributed by atoms with Gasteiger partial charge in [-0.05, 0) is 72.4 Å². The van der Waals surface area contributed by atoms with Crippen molar-refractivity contribution in [2.75, 3.05) is 31.1 Å². The highest BCUT2D eigenvalue weighted by atomic mass is 19.4. The molecule has 1 aliphatic carbocycles. The van der Waals surface area contributed by atoms with Crippen molar-refractivity contribution in [1.82, 2.24) is 15.2 Å². The smallest absolute Gasteiger partial charge is 0.416 e. The molecule has 2 amide bonds. The molecule has 1 saturated heterocycles. The van der Waals surface area contributed by atoms with Crippen molar-refractivity contribution >= 4 is 17.8 Å².